The van der Waals surface area contributed by atoms with E-state index in [1.807, 2.05) is 35.2 Å². The van der Waals surface area contributed by atoms with Crippen molar-refractivity contribution in [2.45, 2.75) is 32.3 Å². The number of rotatable bonds is 8. The van der Waals surface area contributed by atoms with E-state index in [1.165, 1.54) is 4.90 Å². The van der Waals surface area contributed by atoms with Gasteiger partial charge in [0.15, 0.2) is 0 Å². The van der Waals surface area contributed by atoms with Crippen LogP contribution in [0.15, 0.2) is 30.3 Å². The third kappa shape index (κ3) is 7.10. The quantitative estimate of drug-likeness (QED) is 0.595. The zero-order valence-electron chi connectivity index (χ0n) is 16.8. The van der Waals surface area contributed by atoms with Crippen LogP contribution in [0, 0.1) is 0 Å². The molecular weight excluding hydrogens is 394 g/mol. The number of carbonyl (C=O) groups excluding carboxylic acids is 3. The van der Waals surface area contributed by atoms with Gasteiger partial charge in [0.1, 0.15) is 6.61 Å². The topological polar surface area (TPSA) is 70.2 Å². The number of nitrogens with zero attached hydrogens (tertiary/aromatic N) is 3. The van der Waals surface area contributed by atoms with E-state index in [0.717, 1.165) is 31.6 Å². The molecule has 0 aromatic heterocycles. The first-order valence-electron chi connectivity index (χ1n) is 10.1. The van der Waals surface area contributed by atoms with Gasteiger partial charge in [0, 0.05) is 45.6 Å². The van der Waals surface area contributed by atoms with E-state index in [4.69, 9.17) is 4.74 Å². The molecule has 0 bridgehead atoms. The minimum absolute atomic E-state index is 0. The molecule has 2 aliphatic heterocycles. The predicted octanol–water partition coefficient (Wildman–Crippen LogP) is 1.70. The highest BCUT2D eigenvalue weighted by molar-refractivity contribution is 5.97. The number of piperazine rings is 1. The van der Waals surface area contributed by atoms with Crippen molar-refractivity contribution in [3.63, 3.8) is 0 Å². The zero-order chi connectivity index (χ0) is 19.8. The summed E-state index contributed by atoms with van der Waals surface area (Å²) in [4.78, 5) is 41.5. The molecule has 3 amide bonds. The van der Waals surface area contributed by atoms with Gasteiger partial charge in [-0.15, -0.1) is 12.4 Å². The summed E-state index contributed by atoms with van der Waals surface area (Å²) < 4.78 is 5.54. The molecule has 0 atom stereocenters. The molecule has 1 aromatic carbocycles. The molecule has 2 heterocycles. The third-order valence-electron chi connectivity index (χ3n) is 5.30. The van der Waals surface area contributed by atoms with Crippen molar-refractivity contribution in [1.82, 2.24) is 14.7 Å². The minimum Gasteiger partial charge on any atom is -0.367 e. The average Bonchev–Trinajstić information content (AvgIpc) is 2.71. The van der Waals surface area contributed by atoms with Gasteiger partial charge in [0.2, 0.25) is 17.7 Å². The Balaban J connectivity index is 0.00000300. The largest absolute Gasteiger partial charge is 0.367 e. The molecule has 0 spiro atoms. The highest BCUT2D eigenvalue weighted by Gasteiger charge is 2.26. The van der Waals surface area contributed by atoms with Crippen LogP contribution in [-0.2, 0) is 25.7 Å². The molecule has 2 saturated heterocycles. The van der Waals surface area contributed by atoms with Crippen molar-refractivity contribution in [3.8, 4) is 0 Å². The molecular formula is C21H30ClN3O4. The van der Waals surface area contributed by atoms with Gasteiger partial charge in [0.25, 0.3) is 0 Å². The first-order chi connectivity index (χ1) is 13.6. The van der Waals surface area contributed by atoms with Crippen LogP contribution in [0.2, 0.25) is 0 Å². The molecule has 160 valence electrons. The van der Waals surface area contributed by atoms with E-state index >= 15 is 0 Å². The number of imide groups is 1. The van der Waals surface area contributed by atoms with Crippen LogP contribution in [-0.4, -0.2) is 78.3 Å². The lowest BCUT2D eigenvalue weighted by atomic mass is 10.1. The second-order valence-electron chi connectivity index (χ2n) is 7.35. The van der Waals surface area contributed by atoms with Gasteiger partial charge in [-0.2, -0.15) is 0 Å². The first-order valence-corrected chi connectivity index (χ1v) is 10.1. The Kier molecular flexibility index (Phi) is 9.57. The van der Waals surface area contributed by atoms with Crippen LogP contribution < -0.4 is 0 Å². The smallest absolute Gasteiger partial charge is 0.248 e. The molecule has 0 aliphatic carbocycles. The first kappa shape index (κ1) is 23.3. The van der Waals surface area contributed by atoms with E-state index < -0.39 is 0 Å². The van der Waals surface area contributed by atoms with Crippen LogP contribution in [0.4, 0.5) is 0 Å². The summed E-state index contributed by atoms with van der Waals surface area (Å²) in [5, 5.41) is 0. The highest BCUT2D eigenvalue weighted by atomic mass is 35.5. The van der Waals surface area contributed by atoms with Gasteiger partial charge >= 0.3 is 0 Å². The van der Waals surface area contributed by atoms with Crippen molar-refractivity contribution in [2.24, 2.45) is 0 Å². The molecule has 0 N–H and O–H groups in total. The summed E-state index contributed by atoms with van der Waals surface area (Å²) >= 11 is 0. The van der Waals surface area contributed by atoms with E-state index in [-0.39, 0.29) is 36.7 Å². The molecule has 7 nitrogen and oxygen atoms in total. The maximum Gasteiger partial charge on any atom is 0.248 e. The number of carbonyl (C=O) groups is 3. The summed E-state index contributed by atoms with van der Waals surface area (Å²) in [5.74, 6) is -0.0515. The number of benzene rings is 1. The van der Waals surface area contributed by atoms with Crippen molar-refractivity contribution in [1.29, 1.82) is 0 Å². The Morgan fingerprint density at radius 1 is 0.931 bits per heavy atom. The van der Waals surface area contributed by atoms with Gasteiger partial charge in [-0.05, 0) is 24.9 Å². The Morgan fingerprint density at radius 3 is 2.24 bits per heavy atom. The lowest BCUT2D eigenvalue weighted by Gasteiger charge is -2.35. The maximum absolute atomic E-state index is 12.3. The minimum atomic E-state index is -0.0397. The molecule has 8 heteroatoms. The second-order valence-corrected chi connectivity index (χ2v) is 7.35. The van der Waals surface area contributed by atoms with Crippen LogP contribution in [0.5, 0.6) is 0 Å². The fourth-order valence-electron chi connectivity index (χ4n) is 3.64. The van der Waals surface area contributed by atoms with E-state index in [1.54, 1.807) is 0 Å². The van der Waals surface area contributed by atoms with Crippen LogP contribution in [0.25, 0.3) is 0 Å². The number of hydrogen-bond acceptors (Lipinski definition) is 5. The molecule has 0 unspecified atom stereocenters. The summed E-state index contributed by atoms with van der Waals surface area (Å²) in [5.41, 5.74) is 1.06. The van der Waals surface area contributed by atoms with E-state index in [0.29, 0.717) is 45.5 Å². The summed E-state index contributed by atoms with van der Waals surface area (Å²) in [6.07, 6.45) is 2.43. The molecule has 0 radical (unpaired) electrons. The second kappa shape index (κ2) is 11.9. The summed E-state index contributed by atoms with van der Waals surface area (Å²) in [7, 11) is 0. The average molecular weight is 424 g/mol. The fourth-order valence-corrected chi connectivity index (χ4v) is 3.64. The van der Waals surface area contributed by atoms with Crippen LogP contribution >= 0.6 is 12.4 Å². The Hall–Kier alpha value is -1.96. The fraction of sp³-hybridized carbons (Fsp3) is 0.571. The monoisotopic (exact) mass is 423 g/mol. The third-order valence-corrected chi connectivity index (χ3v) is 5.30. The Morgan fingerprint density at radius 2 is 1.59 bits per heavy atom. The lowest BCUT2D eigenvalue weighted by molar-refractivity contribution is -0.148. The molecule has 3 rings (SSSR count). The van der Waals surface area contributed by atoms with Crippen LogP contribution in [0.1, 0.15) is 31.2 Å². The number of likely N-dealkylation sites (tertiary alicyclic amines) is 1. The number of hydrogen-bond donors (Lipinski definition) is 0. The highest BCUT2D eigenvalue weighted by Crippen LogP contribution is 2.13. The maximum atomic E-state index is 12.3. The molecule has 2 fully saturated rings. The molecule has 0 saturated carbocycles. The number of halogens is 1. The van der Waals surface area contributed by atoms with Crippen molar-refractivity contribution < 1.29 is 19.1 Å². The number of amides is 3. The van der Waals surface area contributed by atoms with Gasteiger partial charge < -0.3 is 9.64 Å². The Bertz CT molecular complexity index is 662. The van der Waals surface area contributed by atoms with Crippen molar-refractivity contribution in [3.05, 3.63) is 35.9 Å². The van der Waals surface area contributed by atoms with Gasteiger partial charge in [-0.1, -0.05) is 30.3 Å². The normalized spacial score (nSPS) is 17.9. The van der Waals surface area contributed by atoms with Crippen molar-refractivity contribution in [2.75, 3.05) is 45.9 Å². The van der Waals surface area contributed by atoms with Gasteiger partial charge in [-0.25, -0.2) is 0 Å². The van der Waals surface area contributed by atoms with E-state index in [9.17, 15) is 14.4 Å². The SMILES string of the molecule is Cl.O=C(COCc1ccccc1)N1CCN(CCCN2C(=O)CCCC2=O)CC1. The number of piperidine rings is 1. The van der Waals surface area contributed by atoms with Crippen molar-refractivity contribution >= 4 is 30.1 Å². The Labute approximate surface area is 178 Å². The van der Waals surface area contributed by atoms with E-state index in [2.05, 4.69) is 4.90 Å². The van der Waals surface area contributed by atoms with Crippen LogP contribution in [0.3, 0.4) is 0 Å². The predicted molar refractivity (Wildman–Crippen MR) is 112 cm³/mol. The lowest BCUT2D eigenvalue weighted by Crippen LogP contribution is -2.50. The summed E-state index contributed by atoms with van der Waals surface area (Å²) in [6.45, 7) is 4.89. The molecule has 29 heavy (non-hydrogen) atoms. The summed E-state index contributed by atoms with van der Waals surface area (Å²) in [6, 6.07) is 9.83. The van der Waals surface area contributed by atoms with Gasteiger partial charge in [-0.3, -0.25) is 24.2 Å². The molecule has 1 aromatic rings. The number of ether oxygens (including phenoxy) is 1. The molecule has 2 aliphatic rings. The van der Waals surface area contributed by atoms with Gasteiger partial charge in [0.05, 0.1) is 6.61 Å². The zero-order valence-corrected chi connectivity index (χ0v) is 17.6. The standard InChI is InChI=1S/C21H29N3O4.ClH/c25-19-8-4-9-20(26)24(19)11-5-10-22-12-14-23(15-13-22)21(27)17-28-16-18-6-2-1-3-7-18;/h1-3,6-7H,4-5,8-17H2;1H.